The number of carbonyl (C=O) groups is 1. The maximum Gasteiger partial charge on any atom is 0.237 e. The number of thioether (sulfide) groups is 1. The van der Waals surface area contributed by atoms with E-state index in [0.717, 1.165) is 4.90 Å². The molecular formula is C15H14Cl2N2OS. The first-order valence-corrected chi connectivity index (χ1v) is 7.87. The summed E-state index contributed by atoms with van der Waals surface area (Å²) in [4.78, 5) is 13.2. The summed E-state index contributed by atoms with van der Waals surface area (Å²) in [5, 5.41) is 3.74. The molecule has 0 aliphatic carbocycles. The summed E-state index contributed by atoms with van der Waals surface area (Å²) >= 11 is 13.1. The Hall–Kier alpha value is -1.36. The maximum absolute atomic E-state index is 12.2. The molecule has 1 amide bonds. The largest absolute Gasteiger partial charge is 0.397 e. The zero-order valence-electron chi connectivity index (χ0n) is 11.3. The van der Waals surface area contributed by atoms with Crippen LogP contribution in [0.2, 0.25) is 10.0 Å². The van der Waals surface area contributed by atoms with E-state index in [4.69, 9.17) is 28.9 Å². The minimum absolute atomic E-state index is 0.121. The van der Waals surface area contributed by atoms with Crippen molar-refractivity contribution >= 4 is 52.2 Å². The van der Waals surface area contributed by atoms with Crippen molar-refractivity contribution in [3.63, 3.8) is 0 Å². The fraction of sp³-hybridized carbons (Fsp3) is 0.133. The van der Waals surface area contributed by atoms with Gasteiger partial charge in [-0.15, -0.1) is 11.8 Å². The Kier molecular flexibility index (Phi) is 5.39. The molecule has 2 aromatic carbocycles. The third-order valence-corrected chi connectivity index (χ3v) is 4.37. The second kappa shape index (κ2) is 7.07. The van der Waals surface area contributed by atoms with E-state index in [1.807, 2.05) is 19.1 Å². The molecular weight excluding hydrogens is 327 g/mol. The number of amides is 1. The Morgan fingerprint density at radius 1 is 1.14 bits per heavy atom. The van der Waals surface area contributed by atoms with Crippen LogP contribution in [-0.2, 0) is 4.79 Å². The molecule has 0 saturated carbocycles. The van der Waals surface area contributed by atoms with Crippen molar-refractivity contribution in [2.45, 2.75) is 17.1 Å². The van der Waals surface area contributed by atoms with E-state index in [0.29, 0.717) is 21.4 Å². The number of carbonyl (C=O) groups excluding carboxylic acids is 1. The summed E-state index contributed by atoms with van der Waals surface area (Å²) in [6, 6.07) is 12.3. The summed E-state index contributed by atoms with van der Waals surface area (Å²) in [7, 11) is 0. The third-order valence-electron chi connectivity index (χ3n) is 2.77. The van der Waals surface area contributed by atoms with Gasteiger partial charge in [-0.05, 0) is 49.4 Å². The lowest BCUT2D eigenvalue weighted by atomic mass is 10.2. The van der Waals surface area contributed by atoms with Gasteiger partial charge in [0.05, 0.1) is 16.6 Å². The Bertz CT molecular complexity index is 647. The highest BCUT2D eigenvalue weighted by atomic mass is 35.5. The smallest absolute Gasteiger partial charge is 0.237 e. The number of anilines is 2. The first-order valence-electron chi connectivity index (χ1n) is 6.24. The maximum atomic E-state index is 12.2. The lowest BCUT2D eigenvalue weighted by Crippen LogP contribution is -2.22. The molecule has 0 aliphatic rings. The van der Waals surface area contributed by atoms with Gasteiger partial charge in [0, 0.05) is 14.9 Å². The molecule has 0 bridgehead atoms. The van der Waals surface area contributed by atoms with Gasteiger partial charge in [-0.1, -0.05) is 23.2 Å². The van der Waals surface area contributed by atoms with Crippen LogP contribution in [0.1, 0.15) is 6.92 Å². The molecule has 0 aromatic heterocycles. The van der Waals surface area contributed by atoms with Gasteiger partial charge in [0.1, 0.15) is 0 Å². The number of nitrogen functional groups attached to an aromatic ring is 1. The Labute approximate surface area is 137 Å². The first-order chi connectivity index (χ1) is 9.95. The van der Waals surface area contributed by atoms with Crippen LogP contribution in [0.5, 0.6) is 0 Å². The molecule has 3 N–H and O–H groups in total. The molecule has 0 aliphatic heterocycles. The van der Waals surface area contributed by atoms with E-state index in [2.05, 4.69) is 5.32 Å². The summed E-state index contributed by atoms with van der Waals surface area (Å²) in [5.74, 6) is -0.121. The van der Waals surface area contributed by atoms with Gasteiger partial charge in [0.15, 0.2) is 0 Å². The van der Waals surface area contributed by atoms with Crippen LogP contribution in [0.4, 0.5) is 11.4 Å². The molecule has 0 radical (unpaired) electrons. The fourth-order valence-electron chi connectivity index (χ4n) is 1.65. The van der Waals surface area contributed by atoms with Crippen molar-refractivity contribution in [1.29, 1.82) is 0 Å². The molecule has 3 nitrogen and oxygen atoms in total. The SMILES string of the molecule is CC(Sc1ccc(Cl)cc1)C(=O)Nc1ccc(Cl)cc1N. The number of nitrogens with two attached hydrogens (primary N) is 1. The molecule has 21 heavy (non-hydrogen) atoms. The van der Waals surface area contributed by atoms with E-state index in [9.17, 15) is 4.79 Å². The van der Waals surface area contributed by atoms with Crippen LogP contribution in [0.3, 0.4) is 0 Å². The molecule has 0 heterocycles. The van der Waals surface area contributed by atoms with E-state index in [1.165, 1.54) is 11.8 Å². The molecule has 2 rings (SSSR count). The quantitative estimate of drug-likeness (QED) is 0.626. The minimum atomic E-state index is -0.263. The number of benzene rings is 2. The minimum Gasteiger partial charge on any atom is -0.397 e. The third kappa shape index (κ3) is 4.56. The standard InChI is InChI=1S/C15H14Cl2N2OS/c1-9(21-12-5-2-10(16)3-6-12)15(20)19-14-7-4-11(17)8-13(14)18/h2-9H,18H2,1H3,(H,19,20). The van der Waals surface area contributed by atoms with E-state index >= 15 is 0 Å². The molecule has 1 unspecified atom stereocenters. The van der Waals surface area contributed by atoms with E-state index in [1.54, 1.807) is 30.3 Å². The van der Waals surface area contributed by atoms with E-state index in [-0.39, 0.29) is 11.2 Å². The van der Waals surface area contributed by atoms with Crippen LogP contribution in [-0.4, -0.2) is 11.2 Å². The lowest BCUT2D eigenvalue weighted by Gasteiger charge is -2.13. The van der Waals surface area contributed by atoms with Crippen molar-refractivity contribution in [3.8, 4) is 0 Å². The lowest BCUT2D eigenvalue weighted by molar-refractivity contribution is -0.115. The molecule has 0 saturated heterocycles. The normalized spacial score (nSPS) is 12.0. The number of hydrogen-bond donors (Lipinski definition) is 2. The Balaban J connectivity index is 2.00. The molecule has 0 fully saturated rings. The van der Waals surface area contributed by atoms with Crippen LogP contribution < -0.4 is 11.1 Å². The van der Waals surface area contributed by atoms with Gasteiger partial charge in [0.25, 0.3) is 0 Å². The Morgan fingerprint density at radius 2 is 1.76 bits per heavy atom. The van der Waals surface area contributed by atoms with Crippen LogP contribution in [0, 0.1) is 0 Å². The molecule has 6 heteroatoms. The number of halogens is 2. The second-order valence-electron chi connectivity index (χ2n) is 4.43. The van der Waals surface area contributed by atoms with Gasteiger partial charge in [-0.2, -0.15) is 0 Å². The van der Waals surface area contributed by atoms with Crippen LogP contribution >= 0.6 is 35.0 Å². The van der Waals surface area contributed by atoms with Crippen LogP contribution in [0.15, 0.2) is 47.4 Å². The monoisotopic (exact) mass is 340 g/mol. The van der Waals surface area contributed by atoms with Crippen LogP contribution in [0.25, 0.3) is 0 Å². The molecule has 0 spiro atoms. The zero-order valence-corrected chi connectivity index (χ0v) is 13.6. The topological polar surface area (TPSA) is 55.1 Å². The average molecular weight is 341 g/mol. The molecule has 2 aromatic rings. The number of hydrogen-bond acceptors (Lipinski definition) is 3. The first kappa shape index (κ1) is 16.0. The predicted octanol–water partition coefficient (Wildman–Crippen LogP) is 4.69. The second-order valence-corrected chi connectivity index (χ2v) is 6.72. The molecule has 1 atom stereocenters. The van der Waals surface area contributed by atoms with Crippen molar-refractivity contribution in [2.75, 3.05) is 11.1 Å². The highest BCUT2D eigenvalue weighted by Gasteiger charge is 2.15. The van der Waals surface area contributed by atoms with Gasteiger partial charge in [-0.3, -0.25) is 4.79 Å². The fourth-order valence-corrected chi connectivity index (χ4v) is 2.83. The zero-order chi connectivity index (χ0) is 15.4. The Morgan fingerprint density at radius 3 is 2.38 bits per heavy atom. The van der Waals surface area contributed by atoms with Gasteiger partial charge >= 0.3 is 0 Å². The summed E-state index contributed by atoms with van der Waals surface area (Å²) in [6.45, 7) is 1.83. The van der Waals surface area contributed by atoms with Gasteiger partial charge < -0.3 is 11.1 Å². The summed E-state index contributed by atoms with van der Waals surface area (Å²) in [5.41, 5.74) is 6.83. The van der Waals surface area contributed by atoms with Crippen molar-refractivity contribution in [2.24, 2.45) is 0 Å². The summed E-state index contributed by atoms with van der Waals surface area (Å²) in [6.07, 6.45) is 0. The number of rotatable bonds is 4. The molecule has 110 valence electrons. The van der Waals surface area contributed by atoms with E-state index < -0.39 is 0 Å². The highest BCUT2D eigenvalue weighted by Crippen LogP contribution is 2.27. The van der Waals surface area contributed by atoms with Gasteiger partial charge in [0.2, 0.25) is 5.91 Å². The number of nitrogens with one attached hydrogen (secondary N) is 1. The highest BCUT2D eigenvalue weighted by molar-refractivity contribution is 8.00. The van der Waals surface area contributed by atoms with Crippen molar-refractivity contribution < 1.29 is 4.79 Å². The van der Waals surface area contributed by atoms with Gasteiger partial charge in [-0.25, -0.2) is 0 Å². The predicted molar refractivity (Wildman–Crippen MR) is 91.3 cm³/mol. The average Bonchev–Trinajstić information content (AvgIpc) is 2.44. The summed E-state index contributed by atoms with van der Waals surface area (Å²) < 4.78 is 0. The van der Waals surface area contributed by atoms with Crippen molar-refractivity contribution in [3.05, 3.63) is 52.5 Å². The van der Waals surface area contributed by atoms with Crippen molar-refractivity contribution in [1.82, 2.24) is 0 Å².